The second-order valence-electron chi connectivity index (χ2n) is 8.94. The van der Waals surface area contributed by atoms with Crippen LogP contribution in [0.15, 0.2) is 4.79 Å². The number of aromatic amines is 1. The molecule has 6 rings (SSSR count). The third-order valence-corrected chi connectivity index (χ3v) is 7.01. The molecule has 0 unspecified atom stereocenters. The van der Waals surface area contributed by atoms with Crippen molar-refractivity contribution in [1.82, 2.24) is 9.55 Å². The highest BCUT2D eigenvalue weighted by Crippen LogP contribution is 2.60. The summed E-state index contributed by atoms with van der Waals surface area (Å²) in [5, 5.41) is 0. The zero-order chi connectivity index (χ0) is 15.0. The van der Waals surface area contributed by atoms with Gasteiger partial charge in [-0.05, 0) is 74.5 Å². The van der Waals surface area contributed by atoms with Crippen molar-refractivity contribution >= 4 is 0 Å². The normalized spacial score (nSPS) is 39.9. The van der Waals surface area contributed by atoms with Crippen LogP contribution in [0.2, 0.25) is 0 Å². The smallest absolute Gasteiger partial charge is 0.309 e. The van der Waals surface area contributed by atoms with Crippen LogP contribution in [0.1, 0.15) is 88.1 Å². The molecule has 1 N–H and O–H groups in total. The lowest BCUT2D eigenvalue weighted by atomic mass is 9.51. The Morgan fingerprint density at radius 1 is 1.00 bits per heavy atom. The van der Waals surface area contributed by atoms with Crippen molar-refractivity contribution in [2.24, 2.45) is 23.7 Å². The highest BCUT2D eigenvalue weighted by molar-refractivity contribution is 5.27. The van der Waals surface area contributed by atoms with E-state index in [1.54, 1.807) is 0 Å². The summed E-state index contributed by atoms with van der Waals surface area (Å²) in [5.74, 6) is 4.79. The molecule has 0 aliphatic heterocycles. The fraction of sp³-hybridized carbons (Fsp3) is 0.842. The van der Waals surface area contributed by atoms with Crippen molar-refractivity contribution in [3.05, 3.63) is 21.9 Å². The molecule has 5 aliphatic rings. The minimum Gasteiger partial charge on any atom is -0.309 e. The maximum absolute atomic E-state index is 12.6. The largest absolute Gasteiger partial charge is 0.326 e. The van der Waals surface area contributed by atoms with Gasteiger partial charge in [0.25, 0.3) is 0 Å². The Kier molecular flexibility index (Phi) is 2.76. The molecule has 1 aromatic rings. The van der Waals surface area contributed by atoms with E-state index in [2.05, 4.69) is 23.4 Å². The minimum absolute atomic E-state index is 0.176. The zero-order valence-corrected chi connectivity index (χ0v) is 13.8. The van der Waals surface area contributed by atoms with Crippen LogP contribution in [0.5, 0.6) is 0 Å². The summed E-state index contributed by atoms with van der Waals surface area (Å²) in [6, 6.07) is 0.492. The number of nitrogens with zero attached hydrogens (tertiary/aromatic N) is 1. The first-order valence-electron chi connectivity index (χ1n) is 9.46. The number of nitrogens with one attached hydrogen (secondary N) is 1. The lowest BCUT2D eigenvalue weighted by Gasteiger charge is -2.54. The fourth-order valence-electron chi connectivity index (χ4n) is 6.41. The van der Waals surface area contributed by atoms with Gasteiger partial charge in [-0.15, -0.1) is 0 Å². The molecule has 3 nitrogen and oxygen atoms in total. The summed E-state index contributed by atoms with van der Waals surface area (Å²) in [4.78, 5) is 15.9. The molecule has 0 spiro atoms. The average Bonchev–Trinajstić information content (AvgIpc) is 3.21. The van der Waals surface area contributed by atoms with E-state index in [0.717, 1.165) is 23.7 Å². The maximum Gasteiger partial charge on any atom is 0.326 e. The molecular formula is C19H28N2O. The van der Waals surface area contributed by atoms with Crippen LogP contribution >= 0.6 is 0 Å². The van der Waals surface area contributed by atoms with Crippen LogP contribution in [0.4, 0.5) is 0 Å². The Morgan fingerprint density at radius 2 is 1.59 bits per heavy atom. The lowest BCUT2D eigenvalue weighted by Crippen LogP contribution is -2.44. The van der Waals surface area contributed by atoms with Gasteiger partial charge in [0, 0.05) is 23.3 Å². The Balaban J connectivity index is 1.60. The van der Waals surface area contributed by atoms with Crippen LogP contribution in [0, 0.1) is 23.7 Å². The van der Waals surface area contributed by atoms with E-state index in [1.165, 1.54) is 56.3 Å². The predicted molar refractivity (Wildman–Crippen MR) is 87.2 cm³/mol. The monoisotopic (exact) mass is 300 g/mol. The highest BCUT2D eigenvalue weighted by atomic mass is 16.1. The van der Waals surface area contributed by atoms with Gasteiger partial charge < -0.3 is 4.98 Å². The molecule has 120 valence electrons. The summed E-state index contributed by atoms with van der Waals surface area (Å²) in [6.07, 6.45) is 9.57. The van der Waals surface area contributed by atoms with Crippen LogP contribution in [-0.4, -0.2) is 9.55 Å². The number of rotatable bonds is 3. The van der Waals surface area contributed by atoms with Crippen LogP contribution in [0.3, 0.4) is 0 Å². The quantitative estimate of drug-likeness (QED) is 0.893. The van der Waals surface area contributed by atoms with E-state index < -0.39 is 0 Å². The van der Waals surface area contributed by atoms with Gasteiger partial charge in [-0.25, -0.2) is 4.79 Å². The summed E-state index contributed by atoms with van der Waals surface area (Å²) in [6.45, 7) is 4.53. The molecule has 5 aliphatic carbocycles. The molecule has 5 saturated carbocycles. The van der Waals surface area contributed by atoms with Crippen molar-refractivity contribution in [3.63, 3.8) is 0 Å². The maximum atomic E-state index is 12.6. The molecule has 1 aromatic heterocycles. The van der Waals surface area contributed by atoms with Gasteiger partial charge >= 0.3 is 5.69 Å². The van der Waals surface area contributed by atoms with E-state index in [9.17, 15) is 4.79 Å². The Hall–Kier alpha value is -0.990. The fourth-order valence-corrected chi connectivity index (χ4v) is 6.41. The Bertz CT molecular complexity index is 621. The number of aromatic nitrogens is 2. The van der Waals surface area contributed by atoms with E-state index in [0.29, 0.717) is 17.9 Å². The van der Waals surface area contributed by atoms with Gasteiger partial charge in [0.1, 0.15) is 0 Å². The molecule has 1 heterocycles. The van der Waals surface area contributed by atoms with Gasteiger partial charge in [0.2, 0.25) is 0 Å². The summed E-state index contributed by atoms with van der Waals surface area (Å²) >= 11 is 0. The van der Waals surface area contributed by atoms with Gasteiger partial charge in [-0.3, -0.25) is 4.57 Å². The molecule has 0 radical (unpaired) electrons. The van der Waals surface area contributed by atoms with Crippen LogP contribution in [0.25, 0.3) is 0 Å². The molecule has 5 fully saturated rings. The van der Waals surface area contributed by atoms with E-state index in [1.807, 2.05) is 0 Å². The molecular weight excluding hydrogens is 272 g/mol. The SMILES string of the molecule is CC(C)c1c(C2C3CC4CC(C3)CC2C4)[nH]c(=O)n1C1CC1. The van der Waals surface area contributed by atoms with Crippen molar-refractivity contribution < 1.29 is 0 Å². The summed E-state index contributed by atoms with van der Waals surface area (Å²) < 4.78 is 2.13. The van der Waals surface area contributed by atoms with Crippen molar-refractivity contribution in [1.29, 1.82) is 0 Å². The molecule has 0 atom stereocenters. The standard InChI is InChI=1S/C19H28N2O/c1-10(2)18-17(20-19(22)21(18)15-3-4-15)16-13-6-11-5-12(8-13)9-14(16)7-11/h10-16H,3-9H2,1-2H3,(H,20,22). The predicted octanol–water partition coefficient (Wildman–Crippen LogP) is 4.17. The molecule has 4 bridgehead atoms. The first-order valence-corrected chi connectivity index (χ1v) is 9.46. The minimum atomic E-state index is 0.176. The average molecular weight is 300 g/mol. The Morgan fingerprint density at radius 3 is 2.09 bits per heavy atom. The van der Waals surface area contributed by atoms with Crippen molar-refractivity contribution in [2.45, 2.75) is 76.7 Å². The summed E-state index contributed by atoms with van der Waals surface area (Å²) in [5.41, 5.74) is 2.88. The second kappa shape index (κ2) is 4.52. The van der Waals surface area contributed by atoms with E-state index in [4.69, 9.17) is 0 Å². The second-order valence-corrected chi connectivity index (χ2v) is 8.94. The van der Waals surface area contributed by atoms with Gasteiger partial charge in [-0.1, -0.05) is 13.8 Å². The number of H-pyrrole nitrogens is 1. The van der Waals surface area contributed by atoms with Gasteiger partial charge in [0.05, 0.1) is 0 Å². The van der Waals surface area contributed by atoms with Gasteiger partial charge in [0.15, 0.2) is 0 Å². The highest BCUT2D eigenvalue weighted by Gasteiger charge is 2.50. The first-order chi connectivity index (χ1) is 10.6. The number of hydrogen-bond donors (Lipinski definition) is 1. The molecule has 0 aromatic carbocycles. The lowest BCUT2D eigenvalue weighted by molar-refractivity contribution is -0.00446. The van der Waals surface area contributed by atoms with Crippen molar-refractivity contribution in [2.75, 3.05) is 0 Å². The van der Waals surface area contributed by atoms with Gasteiger partial charge in [-0.2, -0.15) is 0 Å². The Labute approximate surface area is 132 Å². The van der Waals surface area contributed by atoms with E-state index >= 15 is 0 Å². The summed E-state index contributed by atoms with van der Waals surface area (Å²) in [7, 11) is 0. The molecule has 0 saturated heterocycles. The first kappa shape index (κ1) is 13.4. The molecule has 3 heteroatoms. The van der Waals surface area contributed by atoms with E-state index in [-0.39, 0.29) is 5.69 Å². The number of hydrogen-bond acceptors (Lipinski definition) is 1. The number of imidazole rings is 1. The zero-order valence-electron chi connectivity index (χ0n) is 13.8. The molecule has 0 amide bonds. The third kappa shape index (κ3) is 1.83. The third-order valence-electron chi connectivity index (χ3n) is 7.01. The van der Waals surface area contributed by atoms with Crippen LogP contribution < -0.4 is 5.69 Å². The van der Waals surface area contributed by atoms with Crippen molar-refractivity contribution in [3.8, 4) is 0 Å². The topological polar surface area (TPSA) is 37.8 Å². The van der Waals surface area contributed by atoms with Crippen LogP contribution in [-0.2, 0) is 0 Å². The molecule has 22 heavy (non-hydrogen) atoms.